The van der Waals surface area contributed by atoms with Crippen molar-refractivity contribution < 1.29 is 9.53 Å². The molecule has 0 spiro atoms. The van der Waals surface area contributed by atoms with Crippen molar-refractivity contribution in [3.8, 4) is 0 Å². The van der Waals surface area contributed by atoms with Crippen molar-refractivity contribution in [1.29, 1.82) is 0 Å². The summed E-state index contributed by atoms with van der Waals surface area (Å²) in [6, 6.07) is 9.64. The molecule has 1 rings (SSSR count). The SMILES string of the molecule is CCCCNC(=O)OCc1ccccc1. The number of unbranched alkanes of at least 4 members (excludes halogenated alkanes) is 1. The number of carbonyl (C=O) groups excluding carboxylic acids is 1. The van der Waals surface area contributed by atoms with E-state index in [1.165, 1.54) is 0 Å². The van der Waals surface area contributed by atoms with Crippen LogP contribution in [-0.2, 0) is 11.3 Å². The molecule has 1 N–H and O–H groups in total. The number of hydrogen-bond donors (Lipinski definition) is 1. The van der Waals surface area contributed by atoms with Gasteiger partial charge in [0.1, 0.15) is 6.61 Å². The molecule has 15 heavy (non-hydrogen) atoms. The lowest BCUT2D eigenvalue weighted by Crippen LogP contribution is -2.25. The zero-order chi connectivity index (χ0) is 10.9. The summed E-state index contributed by atoms with van der Waals surface area (Å²) in [6.07, 6.45) is 1.71. The van der Waals surface area contributed by atoms with E-state index in [2.05, 4.69) is 12.2 Å². The fourth-order valence-corrected chi connectivity index (χ4v) is 1.14. The minimum atomic E-state index is -0.340. The molecule has 0 bridgehead atoms. The Morgan fingerprint density at radius 3 is 2.73 bits per heavy atom. The Morgan fingerprint density at radius 2 is 2.07 bits per heavy atom. The Balaban J connectivity index is 2.17. The molecular weight excluding hydrogens is 190 g/mol. The van der Waals surface area contributed by atoms with E-state index in [0.29, 0.717) is 13.2 Å². The van der Waals surface area contributed by atoms with Crippen LogP contribution in [0.3, 0.4) is 0 Å². The van der Waals surface area contributed by atoms with Gasteiger partial charge in [0.15, 0.2) is 0 Å². The maximum Gasteiger partial charge on any atom is 0.407 e. The summed E-state index contributed by atoms with van der Waals surface area (Å²) in [4.78, 5) is 11.2. The molecule has 0 aliphatic carbocycles. The number of amides is 1. The van der Waals surface area contributed by atoms with Gasteiger partial charge >= 0.3 is 6.09 Å². The monoisotopic (exact) mass is 207 g/mol. The average molecular weight is 207 g/mol. The highest BCUT2D eigenvalue weighted by atomic mass is 16.5. The van der Waals surface area contributed by atoms with Crippen LogP contribution in [0.1, 0.15) is 25.3 Å². The van der Waals surface area contributed by atoms with Crippen molar-refractivity contribution in [2.45, 2.75) is 26.4 Å². The third-order valence-electron chi connectivity index (χ3n) is 2.01. The highest BCUT2D eigenvalue weighted by Crippen LogP contribution is 2.00. The van der Waals surface area contributed by atoms with E-state index in [1.54, 1.807) is 0 Å². The van der Waals surface area contributed by atoms with Gasteiger partial charge in [-0.25, -0.2) is 4.79 Å². The van der Waals surface area contributed by atoms with Crippen molar-refractivity contribution in [3.63, 3.8) is 0 Å². The molecule has 0 aliphatic rings. The number of hydrogen-bond acceptors (Lipinski definition) is 2. The molecular formula is C12H17NO2. The van der Waals surface area contributed by atoms with Crippen molar-refractivity contribution in [3.05, 3.63) is 35.9 Å². The van der Waals surface area contributed by atoms with Crippen LogP contribution in [0.2, 0.25) is 0 Å². The van der Waals surface area contributed by atoms with Crippen molar-refractivity contribution in [2.24, 2.45) is 0 Å². The second-order valence-electron chi connectivity index (χ2n) is 3.34. The molecule has 1 aromatic rings. The van der Waals surface area contributed by atoms with Crippen LogP contribution in [0.15, 0.2) is 30.3 Å². The van der Waals surface area contributed by atoms with E-state index in [1.807, 2.05) is 30.3 Å². The molecule has 0 unspecified atom stereocenters. The smallest absolute Gasteiger partial charge is 0.407 e. The van der Waals surface area contributed by atoms with E-state index < -0.39 is 0 Å². The first kappa shape index (κ1) is 11.6. The van der Waals surface area contributed by atoms with Gasteiger partial charge in [0.2, 0.25) is 0 Å². The summed E-state index contributed by atoms with van der Waals surface area (Å²) in [5, 5.41) is 2.69. The van der Waals surface area contributed by atoms with Crippen LogP contribution in [0.4, 0.5) is 4.79 Å². The average Bonchev–Trinajstić information content (AvgIpc) is 2.28. The lowest BCUT2D eigenvalue weighted by molar-refractivity contribution is 0.139. The Kier molecular flexibility index (Phi) is 5.30. The Hall–Kier alpha value is -1.51. The maximum atomic E-state index is 11.2. The number of carbonyl (C=O) groups is 1. The number of nitrogens with one attached hydrogen (secondary N) is 1. The second-order valence-corrected chi connectivity index (χ2v) is 3.34. The topological polar surface area (TPSA) is 38.3 Å². The minimum absolute atomic E-state index is 0.332. The predicted octanol–water partition coefficient (Wildman–Crippen LogP) is 2.71. The summed E-state index contributed by atoms with van der Waals surface area (Å²) in [7, 11) is 0. The normalized spacial score (nSPS) is 9.67. The Morgan fingerprint density at radius 1 is 1.33 bits per heavy atom. The minimum Gasteiger partial charge on any atom is -0.445 e. The fraction of sp³-hybridized carbons (Fsp3) is 0.417. The summed E-state index contributed by atoms with van der Waals surface area (Å²) in [5.41, 5.74) is 1.00. The summed E-state index contributed by atoms with van der Waals surface area (Å²) in [5.74, 6) is 0. The van der Waals surface area contributed by atoms with Crippen LogP contribution < -0.4 is 5.32 Å². The first-order valence-corrected chi connectivity index (χ1v) is 5.27. The van der Waals surface area contributed by atoms with Gasteiger partial charge in [-0.05, 0) is 12.0 Å². The van der Waals surface area contributed by atoms with E-state index in [-0.39, 0.29) is 6.09 Å². The lowest BCUT2D eigenvalue weighted by Gasteiger charge is -2.06. The first-order chi connectivity index (χ1) is 7.33. The molecule has 0 saturated heterocycles. The van der Waals surface area contributed by atoms with Crippen LogP contribution in [0.5, 0.6) is 0 Å². The van der Waals surface area contributed by atoms with Crippen molar-refractivity contribution >= 4 is 6.09 Å². The molecule has 3 nitrogen and oxygen atoms in total. The molecule has 0 aromatic heterocycles. The second kappa shape index (κ2) is 6.87. The molecule has 1 aromatic carbocycles. The van der Waals surface area contributed by atoms with Gasteiger partial charge in [-0.2, -0.15) is 0 Å². The molecule has 82 valence electrons. The van der Waals surface area contributed by atoms with Gasteiger partial charge in [0.25, 0.3) is 0 Å². The largest absolute Gasteiger partial charge is 0.445 e. The third kappa shape index (κ3) is 5.05. The van der Waals surface area contributed by atoms with Crippen LogP contribution in [0, 0.1) is 0 Å². The van der Waals surface area contributed by atoms with E-state index in [0.717, 1.165) is 18.4 Å². The molecule has 0 heterocycles. The molecule has 0 saturated carbocycles. The van der Waals surface area contributed by atoms with Crippen LogP contribution in [0.25, 0.3) is 0 Å². The summed E-state index contributed by atoms with van der Waals surface area (Å²) in [6.45, 7) is 3.10. The fourth-order valence-electron chi connectivity index (χ4n) is 1.14. The van der Waals surface area contributed by atoms with Crippen molar-refractivity contribution in [1.82, 2.24) is 5.32 Å². The highest BCUT2D eigenvalue weighted by Gasteiger charge is 2.00. The van der Waals surface area contributed by atoms with Gasteiger partial charge in [-0.1, -0.05) is 43.7 Å². The molecule has 0 atom stereocenters. The first-order valence-electron chi connectivity index (χ1n) is 5.27. The molecule has 0 fully saturated rings. The zero-order valence-corrected chi connectivity index (χ0v) is 9.03. The van der Waals surface area contributed by atoms with E-state index >= 15 is 0 Å². The van der Waals surface area contributed by atoms with Gasteiger partial charge in [-0.3, -0.25) is 0 Å². The van der Waals surface area contributed by atoms with Gasteiger partial charge < -0.3 is 10.1 Å². The number of rotatable bonds is 5. The molecule has 0 aliphatic heterocycles. The molecule has 1 amide bonds. The van der Waals surface area contributed by atoms with Gasteiger partial charge in [-0.15, -0.1) is 0 Å². The molecule has 0 radical (unpaired) electrons. The van der Waals surface area contributed by atoms with E-state index in [9.17, 15) is 4.79 Å². The molecule has 3 heteroatoms. The predicted molar refractivity (Wildman–Crippen MR) is 59.5 cm³/mol. The standard InChI is InChI=1S/C12H17NO2/c1-2-3-9-13-12(14)15-10-11-7-5-4-6-8-11/h4-8H,2-3,9-10H2,1H3,(H,13,14). The highest BCUT2D eigenvalue weighted by molar-refractivity contribution is 5.67. The number of ether oxygens (including phenoxy) is 1. The van der Waals surface area contributed by atoms with Gasteiger partial charge in [0.05, 0.1) is 0 Å². The van der Waals surface area contributed by atoms with Crippen LogP contribution >= 0.6 is 0 Å². The van der Waals surface area contributed by atoms with E-state index in [4.69, 9.17) is 4.74 Å². The van der Waals surface area contributed by atoms with Gasteiger partial charge in [0, 0.05) is 6.54 Å². The maximum absolute atomic E-state index is 11.2. The number of alkyl carbamates (subject to hydrolysis) is 1. The zero-order valence-electron chi connectivity index (χ0n) is 9.03. The Bertz CT molecular complexity index is 285. The third-order valence-corrected chi connectivity index (χ3v) is 2.01. The Labute approximate surface area is 90.4 Å². The lowest BCUT2D eigenvalue weighted by atomic mass is 10.2. The summed E-state index contributed by atoms with van der Waals surface area (Å²) < 4.78 is 5.02. The quantitative estimate of drug-likeness (QED) is 0.754. The van der Waals surface area contributed by atoms with Crippen LogP contribution in [-0.4, -0.2) is 12.6 Å². The van der Waals surface area contributed by atoms with Crippen molar-refractivity contribution in [2.75, 3.05) is 6.54 Å². The number of benzene rings is 1. The summed E-state index contributed by atoms with van der Waals surface area (Å²) >= 11 is 0.